The van der Waals surface area contributed by atoms with Crippen LogP contribution in [0.4, 0.5) is 34.1 Å². The van der Waals surface area contributed by atoms with E-state index in [9.17, 15) is 0 Å². The first kappa shape index (κ1) is 81.2. The summed E-state index contributed by atoms with van der Waals surface area (Å²) in [5.41, 5.74) is 47.8. The van der Waals surface area contributed by atoms with E-state index in [1.165, 1.54) is 248 Å². The van der Waals surface area contributed by atoms with E-state index in [1.807, 2.05) is 30.3 Å². The molecule has 1 heterocycles. The van der Waals surface area contributed by atoms with Gasteiger partial charge in [-0.05, 0) is 337 Å². The van der Waals surface area contributed by atoms with Gasteiger partial charge in [0.15, 0.2) is 0 Å². The lowest BCUT2D eigenvalue weighted by Gasteiger charge is -2.32. The van der Waals surface area contributed by atoms with Crippen molar-refractivity contribution in [2.75, 3.05) is 9.80 Å². The maximum atomic E-state index is 3.31. The number of para-hydroxylation sites is 1. The Morgan fingerprint density at radius 3 is 1.06 bits per heavy atom. The molecule has 0 aliphatic heterocycles. The molecule has 0 bridgehead atoms. The van der Waals surface area contributed by atoms with Crippen molar-refractivity contribution in [3.05, 3.63) is 581 Å². The molecular formula is C139H86BrN3. The van der Waals surface area contributed by atoms with Crippen molar-refractivity contribution < 1.29 is 0 Å². The first-order chi connectivity index (χ1) is 70.8. The summed E-state index contributed by atoms with van der Waals surface area (Å²) in [7, 11) is 0. The van der Waals surface area contributed by atoms with E-state index in [2.05, 4.69) is 510 Å². The molecule has 0 N–H and O–H groups in total. The molecule has 0 atom stereocenters. The molecule has 143 heavy (non-hydrogen) atoms. The lowest BCUT2D eigenvalue weighted by molar-refractivity contribution is 0.793. The summed E-state index contributed by atoms with van der Waals surface area (Å²) in [6.07, 6.45) is 0.975. The Labute approximate surface area is 837 Å². The van der Waals surface area contributed by atoms with Crippen LogP contribution in [0, 0.1) is 0 Å². The Bertz CT molecular complexity index is 9680. The Hall–Kier alpha value is -17.8. The topological polar surface area (TPSA) is 11.4 Å². The zero-order valence-corrected chi connectivity index (χ0v) is 79.5. The lowest BCUT2D eigenvalue weighted by Crippen LogP contribution is -2.26. The lowest BCUT2D eigenvalue weighted by atomic mass is 9.70. The fourth-order valence-corrected chi connectivity index (χ4v) is 26.5. The van der Waals surface area contributed by atoms with Gasteiger partial charge in [-0.3, -0.25) is 0 Å². The molecule has 0 amide bonds. The van der Waals surface area contributed by atoms with Crippen molar-refractivity contribution in [1.82, 2.24) is 4.57 Å². The largest absolute Gasteiger partial charge is 0.310 e. The Kier molecular flexibility index (Phi) is 18.0. The van der Waals surface area contributed by atoms with Gasteiger partial charge in [0, 0.05) is 60.8 Å². The summed E-state index contributed by atoms with van der Waals surface area (Å²) in [4.78, 5) is 4.98. The Balaban J connectivity index is 0.000000125. The van der Waals surface area contributed by atoms with E-state index in [4.69, 9.17) is 0 Å². The van der Waals surface area contributed by atoms with Gasteiger partial charge in [0.1, 0.15) is 0 Å². The van der Waals surface area contributed by atoms with Crippen molar-refractivity contribution >= 4 is 137 Å². The van der Waals surface area contributed by atoms with Crippen LogP contribution in [0.1, 0.15) is 66.8 Å². The molecule has 0 saturated carbocycles. The fourth-order valence-electron chi connectivity index (χ4n) is 26.2. The molecule has 0 fully saturated rings. The summed E-state index contributed by atoms with van der Waals surface area (Å²) in [6.45, 7) is 0. The van der Waals surface area contributed by atoms with Crippen LogP contribution in [0.15, 0.2) is 514 Å². The molecular weight excluding hydrogens is 1790 g/mol. The number of halogens is 1. The number of fused-ring (bicyclic) bond motifs is 35. The third-order valence-corrected chi connectivity index (χ3v) is 32.5. The van der Waals surface area contributed by atoms with Gasteiger partial charge in [-0.2, -0.15) is 0 Å². The van der Waals surface area contributed by atoms with Crippen molar-refractivity contribution in [2.45, 2.75) is 17.3 Å². The third kappa shape index (κ3) is 11.9. The van der Waals surface area contributed by atoms with Gasteiger partial charge in [-0.25, -0.2) is 0 Å². The summed E-state index contributed by atoms with van der Waals surface area (Å²) in [5.74, 6) is 0. The first-order valence-electron chi connectivity index (χ1n) is 49.7. The molecule has 664 valence electrons. The van der Waals surface area contributed by atoms with Gasteiger partial charge < -0.3 is 14.4 Å². The van der Waals surface area contributed by atoms with Gasteiger partial charge in [-0.15, -0.1) is 0 Å². The summed E-state index contributed by atoms with van der Waals surface area (Å²) in [5, 5.41) is 16.6. The molecule has 2 spiro atoms. The van der Waals surface area contributed by atoms with E-state index < -0.39 is 10.8 Å². The minimum Gasteiger partial charge on any atom is -0.310 e. The molecule has 32 rings (SSSR count). The average molecular weight is 1880 g/mol. The van der Waals surface area contributed by atoms with Crippen LogP contribution in [-0.2, 0) is 17.3 Å². The molecule has 0 saturated heterocycles. The van der Waals surface area contributed by atoms with Gasteiger partial charge in [0.2, 0.25) is 0 Å². The number of allylic oxidation sites excluding steroid dienone is 1. The van der Waals surface area contributed by atoms with E-state index in [0.717, 1.165) is 45.0 Å². The van der Waals surface area contributed by atoms with Crippen molar-refractivity contribution in [3.63, 3.8) is 0 Å². The van der Waals surface area contributed by atoms with Gasteiger partial charge in [0.25, 0.3) is 0 Å². The predicted molar refractivity (Wildman–Crippen MR) is 602 cm³/mol. The van der Waals surface area contributed by atoms with Gasteiger partial charge in [-0.1, -0.05) is 410 Å². The van der Waals surface area contributed by atoms with Gasteiger partial charge >= 0.3 is 0 Å². The maximum absolute atomic E-state index is 3.31. The number of anilines is 6. The number of aromatic nitrogens is 1. The third-order valence-electron chi connectivity index (χ3n) is 32.0. The monoisotopic (exact) mass is 1880 g/mol. The van der Waals surface area contributed by atoms with Crippen LogP contribution in [0.2, 0.25) is 0 Å². The van der Waals surface area contributed by atoms with Crippen LogP contribution < -0.4 is 9.80 Å². The molecule has 0 unspecified atom stereocenters. The minimum atomic E-state index is -0.458. The number of nitrogens with zero attached hydrogens (tertiary/aromatic N) is 3. The van der Waals surface area contributed by atoms with Crippen molar-refractivity contribution in [1.29, 1.82) is 0 Å². The zero-order chi connectivity index (χ0) is 93.9. The predicted octanol–water partition coefficient (Wildman–Crippen LogP) is 37.1. The summed E-state index contributed by atoms with van der Waals surface area (Å²) >= 11 is 3.31. The van der Waals surface area contributed by atoms with Crippen LogP contribution in [0.25, 0.3) is 182 Å². The highest BCUT2D eigenvalue weighted by molar-refractivity contribution is 9.10. The Morgan fingerprint density at radius 1 is 0.210 bits per heavy atom. The zero-order valence-electron chi connectivity index (χ0n) is 77.9. The second-order valence-corrected chi connectivity index (χ2v) is 40.0. The smallest absolute Gasteiger partial charge is 0.0726 e. The van der Waals surface area contributed by atoms with Crippen molar-refractivity contribution in [2.24, 2.45) is 0 Å². The molecule has 25 aromatic rings. The summed E-state index contributed by atoms with van der Waals surface area (Å²) in [6, 6.07) is 190. The molecule has 7 aliphatic carbocycles. The number of hydrogen-bond donors (Lipinski definition) is 0. The van der Waals surface area contributed by atoms with Crippen LogP contribution in [-0.4, -0.2) is 4.57 Å². The first-order valence-corrected chi connectivity index (χ1v) is 50.5. The average Bonchev–Trinajstić information content (AvgIpc) is 1.51. The second-order valence-electron chi connectivity index (χ2n) is 39.1. The summed E-state index contributed by atoms with van der Waals surface area (Å²) < 4.78 is 3.61. The Morgan fingerprint density at radius 2 is 0.566 bits per heavy atom. The highest BCUT2D eigenvalue weighted by Gasteiger charge is 2.54. The van der Waals surface area contributed by atoms with E-state index in [0.29, 0.717) is 0 Å². The van der Waals surface area contributed by atoms with Crippen LogP contribution in [0.5, 0.6) is 0 Å². The number of rotatable bonds is 9. The molecule has 7 aliphatic rings. The molecule has 24 aromatic carbocycles. The molecule has 4 heteroatoms. The van der Waals surface area contributed by atoms with Gasteiger partial charge in [0.05, 0.1) is 22.0 Å². The highest BCUT2D eigenvalue weighted by Crippen LogP contribution is 2.67. The molecule has 3 nitrogen and oxygen atoms in total. The second kappa shape index (κ2) is 31.6. The standard InChI is InChI=1S/C69H42N2.C64H39N.C6H5Br/c1-2-19-48(20-3-1)71-65-38-33-46(41-60(65)67-58-26-13-16-44-17-14-27-59(66(44)58)68(67)71)45-18-12-21-49(39-45)70(50-34-36-53-47(40-50)32-31-43-15-4-5-22-52(43)53)51-35-37-57-56-25-8-11-30-63(56)69(64(57)42-51)61-28-9-6-23-54(61)55-24-7-10-29-62(55)69;1-2-17-48-39(12-1)26-28-43-35-46(30-32-49(43)48)65(45-16-9-15-41(34-45)42-27-29-44-37-57-54-21-10-13-40-14-11-22-55(62(40)54)63(57)56(44)36-42)47-31-33-53-52-20-5-8-25-60(52)64(61(53)38-47)58-23-6-3-18-50(58)51-19-4-7-24-59(51)64;7-6-4-2-1-3-5-6/h1-42H;1-36,38H,37H2;1-5H. The van der Waals surface area contributed by atoms with Crippen LogP contribution in [0.3, 0.4) is 0 Å². The van der Waals surface area contributed by atoms with Crippen molar-refractivity contribution in [3.8, 4) is 94.8 Å². The maximum Gasteiger partial charge on any atom is 0.0726 e. The van der Waals surface area contributed by atoms with E-state index in [1.54, 1.807) is 0 Å². The van der Waals surface area contributed by atoms with E-state index in [-0.39, 0.29) is 0 Å². The van der Waals surface area contributed by atoms with E-state index >= 15 is 0 Å². The number of hydrogen-bond acceptors (Lipinski definition) is 2. The molecule has 0 radical (unpaired) electrons. The quantitative estimate of drug-likeness (QED) is 0.133. The van der Waals surface area contributed by atoms with Crippen LogP contribution >= 0.6 is 15.9 Å². The normalized spacial score (nSPS) is 13.4. The number of benzene rings is 24. The molecule has 1 aromatic heterocycles. The SMILES string of the molecule is Brc1ccccc1.c1cc(-c2ccc3c(c2)C2=C(C3)c3cccc4cccc2c34)cc(N(c2ccc3c(c2)C2(c4ccccc4-c4ccccc42)c2ccccc2-3)c2ccc3c(ccc4ccccc43)c2)c1.c1ccc(-n2c3c(c4cc(-c5cccc(N(c6ccc7c(c6)C6(c8ccccc8-c8ccccc86)c6ccccc6-7)c6ccc7c(ccc8ccccc87)c6)c5)ccc42)-c2cccc4cccc-3c24)cc1. The fraction of sp³-hybridized carbons (Fsp3) is 0.0216. The minimum absolute atomic E-state index is 0.437. The highest BCUT2D eigenvalue weighted by atomic mass is 79.9.